The molecule has 0 bridgehead atoms. The molecule has 0 aliphatic rings. The van der Waals surface area contributed by atoms with E-state index in [-0.39, 0.29) is 18.6 Å². The Balaban J connectivity index is 2.12. The normalized spacial score (nSPS) is 10.5. The lowest BCUT2D eigenvalue weighted by Gasteiger charge is -2.07. The Morgan fingerprint density at radius 2 is 2.50 bits per heavy atom. The molecule has 14 heavy (non-hydrogen) atoms. The quantitative estimate of drug-likeness (QED) is 0.748. The number of carbonyl (C=O) groups is 1. The fourth-order valence-corrected chi connectivity index (χ4v) is 1.49. The van der Waals surface area contributed by atoms with Crippen LogP contribution < -0.4 is 5.32 Å². The van der Waals surface area contributed by atoms with E-state index in [2.05, 4.69) is 10.3 Å². The highest BCUT2D eigenvalue weighted by atomic mass is 32.1. The van der Waals surface area contributed by atoms with Crippen molar-refractivity contribution >= 4 is 17.3 Å². The molecule has 5 heteroatoms. The molecular weight excluding hydrogens is 200 g/mol. The van der Waals surface area contributed by atoms with E-state index in [4.69, 9.17) is 4.74 Å². The molecular formula is C9H14N2O2S. The lowest BCUT2D eigenvalue weighted by Crippen LogP contribution is -2.25. The van der Waals surface area contributed by atoms with Crippen LogP contribution in [-0.4, -0.2) is 23.6 Å². The van der Waals surface area contributed by atoms with E-state index in [1.165, 1.54) is 0 Å². The number of thiazole rings is 1. The average molecular weight is 214 g/mol. The summed E-state index contributed by atoms with van der Waals surface area (Å²) in [6.45, 7) is 4.58. The van der Waals surface area contributed by atoms with Crippen molar-refractivity contribution in [2.24, 2.45) is 0 Å². The topological polar surface area (TPSA) is 51.2 Å². The minimum Gasteiger partial charge on any atom is -0.462 e. The smallest absolute Gasteiger partial charge is 0.320 e. The van der Waals surface area contributed by atoms with Crippen LogP contribution >= 0.6 is 11.3 Å². The van der Waals surface area contributed by atoms with Gasteiger partial charge in [0, 0.05) is 17.6 Å². The highest BCUT2D eigenvalue weighted by Gasteiger charge is 2.04. The van der Waals surface area contributed by atoms with E-state index in [1.54, 1.807) is 23.0 Å². The third-order valence-electron chi connectivity index (χ3n) is 1.42. The summed E-state index contributed by atoms with van der Waals surface area (Å²) in [7, 11) is 0. The zero-order chi connectivity index (χ0) is 10.4. The van der Waals surface area contributed by atoms with Crippen LogP contribution in [0, 0.1) is 0 Å². The van der Waals surface area contributed by atoms with E-state index in [0.29, 0.717) is 6.54 Å². The molecule has 1 N–H and O–H groups in total. The van der Waals surface area contributed by atoms with Crippen LogP contribution in [0.5, 0.6) is 0 Å². The van der Waals surface area contributed by atoms with Crippen LogP contribution in [0.2, 0.25) is 0 Å². The molecule has 4 nitrogen and oxygen atoms in total. The molecule has 0 aliphatic heterocycles. The molecule has 0 aliphatic carbocycles. The Morgan fingerprint density at radius 3 is 3.07 bits per heavy atom. The standard InChI is InChI=1S/C9H14N2O2S/c1-7(2)13-9(12)5-10-3-8-4-11-6-14-8/h4,6-7,10H,3,5H2,1-2H3. The maximum Gasteiger partial charge on any atom is 0.320 e. The van der Waals surface area contributed by atoms with Crippen LogP contribution in [-0.2, 0) is 16.1 Å². The molecule has 0 unspecified atom stereocenters. The summed E-state index contributed by atoms with van der Waals surface area (Å²) in [4.78, 5) is 16.1. The summed E-state index contributed by atoms with van der Waals surface area (Å²) in [6.07, 6.45) is 1.73. The van der Waals surface area contributed by atoms with E-state index >= 15 is 0 Å². The second-order valence-corrected chi connectivity index (χ2v) is 4.08. The molecule has 0 radical (unpaired) electrons. The number of carbonyl (C=O) groups excluding carboxylic acids is 1. The first-order valence-corrected chi connectivity index (χ1v) is 5.34. The molecule has 0 fully saturated rings. The van der Waals surface area contributed by atoms with E-state index < -0.39 is 0 Å². The summed E-state index contributed by atoms with van der Waals surface area (Å²) in [5.41, 5.74) is 1.77. The van der Waals surface area contributed by atoms with Crippen LogP contribution in [0.25, 0.3) is 0 Å². The van der Waals surface area contributed by atoms with Crippen LogP contribution in [0.3, 0.4) is 0 Å². The third-order valence-corrected chi connectivity index (χ3v) is 2.20. The van der Waals surface area contributed by atoms with Crippen molar-refractivity contribution in [1.29, 1.82) is 0 Å². The van der Waals surface area contributed by atoms with Crippen LogP contribution in [0.4, 0.5) is 0 Å². The first-order valence-electron chi connectivity index (χ1n) is 4.46. The zero-order valence-electron chi connectivity index (χ0n) is 8.32. The number of aromatic nitrogens is 1. The van der Waals surface area contributed by atoms with Crippen molar-refractivity contribution in [2.75, 3.05) is 6.54 Å². The molecule has 0 saturated carbocycles. The van der Waals surface area contributed by atoms with Gasteiger partial charge in [-0.05, 0) is 13.8 Å². The first kappa shape index (κ1) is 11.1. The summed E-state index contributed by atoms with van der Waals surface area (Å²) in [6, 6.07) is 0. The van der Waals surface area contributed by atoms with Crippen molar-refractivity contribution < 1.29 is 9.53 Å². The van der Waals surface area contributed by atoms with Gasteiger partial charge in [0.25, 0.3) is 0 Å². The first-order chi connectivity index (χ1) is 6.68. The number of nitrogens with one attached hydrogen (secondary N) is 1. The van der Waals surface area contributed by atoms with Gasteiger partial charge in [-0.15, -0.1) is 11.3 Å². The van der Waals surface area contributed by atoms with Crippen LogP contribution in [0.15, 0.2) is 11.7 Å². The van der Waals surface area contributed by atoms with Crippen molar-refractivity contribution in [3.05, 3.63) is 16.6 Å². The monoisotopic (exact) mass is 214 g/mol. The Hall–Kier alpha value is -0.940. The van der Waals surface area contributed by atoms with E-state index in [0.717, 1.165) is 4.88 Å². The van der Waals surface area contributed by atoms with Crippen molar-refractivity contribution in [3.63, 3.8) is 0 Å². The van der Waals surface area contributed by atoms with Gasteiger partial charge in [0.15, 0.2) is 0 Å². The number of hydrogen-bond donors (Lipinski definition) is 1. The van der Waals surface area contributed by atoms with Crippen molar-refractivity contribution in [1.82, 2.24) is 10.3 Å². The highest BCUT2D eigenvalue weighted by molar-refractivity contribution is 7.09. The summed E-state index contributed by atoms with van der Waals surface area (Å²) >= 11 is 1.56. The number of ether oxygens (including phenoxy) is 1. The zero-order valence-corrected chi connectivity index (χ0v) is 9.13. The van der Waals surface area contributed by atoms with Gasteiger partial charge in [-0.25, -0.2) is 0 Å². The van der Waals surface area contributed by atoms with Gasteiger partial charge in [-0.1, -0.05) is 0 Å². The predicted molar refractivity (Wildman–Crippen MR) is 55.0 cm³/mol. The fraction of sp³-hybridized carbons (Fsp3) is 0.556. The third kappa shape index (κ3) is 4.34. The average Bonchev–Trinajstić information content (AvgIpc) is 2.55. The van der Waals surface area contributed by atoms with Gasteiger partial charge in [-0.3, -0.25) is 9.78 Å². The van der Waals surface area contributed by atoms with Gasteiger partial charge < -0.3 is 10.1 Å². The van der Waals surface area contributed by atoms with Gasteiger partial charge >= 0.3 is 5.97 Å². The van der Waals surface area contributed by atoms with Gasteiger partial charge in [0.1, 0.15) is 0 Å². The molecule has 1 rings (SSSR count). The largest absolute Gasteiger partial charge is 0.462 e. The molecule has 0 atom stereocenters. The minimum atomic E-state index is -0.218. The van der Waals surface area contributed by atoms with Gasteiger partial charge in [-0.2, -0.15) is 0 Å². The maximum absolute atomic E-state index is 11.1. The Labute approximate surface area is 87.3 Å². The molecule has 1 aromatic rings. The summed E-state index contributed by atoms with van der Waals surface area (Å²) in [5.74, 6) is -0.218. The maximum atomic E-state index is 11.1. The lowest BCUT2D eigenvalue weighted by molar-refractivity contribution is -0.146. The fourth-order valence-electron chi connectivity index (χ4n) is 0.922. The minimum absolute atomic E-state index is 0.0484. The number of nitrogens with zero attached hydrogens (tertiary/aromatic N) is 1. The summed E-state index contributed by atoms with van der Waals surface area (Å²) in [5, 5.41) is 2.99. The van der Waals surface area contributed by atoms with E-state index in [9.17, 15) is 4.79 Å². The number of esters is 1. The lowest BCUT2D eigenvalue weighted by atomic mass is 10.5. The van der Waals surface area contributed by atoms with Gasteiger partial charge in [0.2, 0.25) is 0 Å². The molecule has 0 amide bonds. The predicted octanol–water partition coefficient (Wildman–Crippen LogP) is 1.18. The molecule has 0 aromatic carbocycles. The Morgan fingerprint density at radius 1 is 1.71 bits per heavy atom. The number of rotatable bonds is 5. The highest BCUT2D eigenvalue weighted by Crippen LogP contribution is 2.03. The molecule has 1 aromatic heterocycles. The Kier molecular flexibility index (Phi) is 4.55. The summed E-state index contributed by atoms with van der Waals surface area (Å²) < 4.78 is 4.96. The van der Waals surface area contributed by atoms with Crippen molar-refractivity contribution in [3.8, 4) is 0 Å². The van der Waals surface area contributed by atoms with Crippen LogP contribution in [0.1, 0.15) is 18.7 Å². The Bertz CT molecular complexity index is 272. The second-order valence-electron chi connectivity index (χ2n) is 3.11. The molecule has 1 heterocycles. The molecule has 0 spiro atoms. The molecule has 78 valence electrons. The molecule has 0 saturated heterocycles. The van der Waals surface area contributed by atoms with Crippen molar-refractivity contribution in [2.45, 2.75) is 26.5 Å². The van der Waals surface area contributed by atoms with Gasteiger partial charge in [0.05, 0.1) is 18.2 Å². The van der Waals surface area contributed by atoms with E-state index in [1.807, 2.05) is 13.8 Å². The second kappa shape index (κ2) is 5.72. The number of hydrogen-bond acceptors (Lipinski definition) is 5. The SMILES string of the molecule is CC(C)OC(=O)CNCc1cncs1.